The zero-order chi connectivity index (χ0) is 14.0. The van der Waals surface area contributed by atoms with Crippen LogP contribution in [0.25, 0.3) is 0 Å². The van der Waals surface area contributed by atoms with Crippen molar-refractivity contribution in [1.82, 2.24) is 4.90 Å². The van der Waals surface area contributed by atoms with E-state index in [1.807, 2.05) is 43.0 Å². The molecule has 1 heterocycles. The van der Waals surface area contributed by atoms with Crippen molar-refractivity contribution in [2.24, 2.45) is 0 Å². The molecule has 0 bridgehead atoms. The maximum atomic E-state index is 12.3. The molecule has 1 aromatic carbocycles. The molecule has 5 heteroatoms. The fourth-order valence-electron chi connectivity index (χ4n) is 2.28. The lowest BCUT2D eigenvalue weighted by Crippen LogP contribution is -2.52. The predicted octanol–water partition coefficient (Wildman–Crippen LogP) is 2.36. The maximum Gasteiger partial charge on any atom is 0.227 e. The highest BCUT2D eigenvalue weighted by molar-refractivity contribution is 9.10. The second-order valence-corrected chi connectivity index (χ2v) is 7.75. The van der Waals surface area contributed by atoms with Crippen molar-refractivity contribution < 1.29 is 9.00 Å². The first-order valence-electron chi connectivity index (χ1n) is 6.40. The fourth-order valence-corrected chi connectivity index (χ4v) is 3.88. The zero-order valence-electron chi connectivity index (χ0n) is 11.1. The molecule has 0 aromatic heterocycles. The second kappa shape index (κ2) is 6.18. The largest absolute Gasteiger partial charge is 0.338 e. The van der Waals surface area contributed by atoms with Crippen molar-refractivity contribution in [3.63, 3.8) is 0 Å². The third-order valence-electron chi connectivity index (χ3n) is 3.71. The average molecular weight is 344 g/mol. The molecule has 3 nitrogen and oxygen atoms in total. The highest BCUT2D eigenvalue weighted by atomic mass is 79.9. The van der Waals surface area contributed by atoms with Crippen molar-refractivity contribution in [3.8, 4) is 0 Å². The van der Waals surface area contributed by atoms with Crippen LogP contribution in [0.4, 0.5) is 0 Å². The Balaban J connectivity index is 2.03. The molecule has 1 fully saturated rings. The number of amides is 1. The molecule has 0 N–H and O–H groups in total. The Morgan fingerprint density at radius 2 is 2.00 bits per heavy atom. The van der Waals surface area contributed by atoms with Gasteiger partial charge in [0.2, 0.25) is 5.91 Å². The Morgan fingerprint density at radius 1 is 1.37 bits per heavy atom. The van der Waals surface area contributed by atoms with Crippen LogP contribution in [0.5, 0.6) is 0 Å². The van der Waals surface area contributed by atoms with Gasteiger partial charge < -0.3 is 4.90 Å². The van der Waals surface area contributed by atoms with Gasteiger partial charge in [0.05, 0.1) is 11.7 Å². The summed E-state index contributed by atoms with van der Waals surface area (Å²) in [5, 5.41) is 0.0580. The molecule has 1 saturated heterocycles. The number of carbonyl (C=O) groups is 1. The molecule has 0 radical (unpaired) electrons. The molecular formula is C14H18BrNO2S. The summed E-state index contributed by atoms with van der Waals surface area (Å²) in [5.41, 5.74) is 1.01. The van der Waals surface area contributed by atoms with E-state index < -0.39 is 10.8 Å². The van der Waals surface area contributed by atoms with E-state index in [2.05, 4.69) is 15.9 Å². The first kappa shape index (κ1) is 14.7. The molecule has 3 atom stereocenters. The molecule has 0 spiro atoms. The topological polar surface area (TPSA) is 37.4 Å². The van der Waals surface area contributed by atoms with E-state index in [4.69, 9.17) is 0 Å². The van der Waals surface area contributed by atoms with Crippen LogP contribution in [0, 0.1) is 0 Å². The van der Waals surface area contributed by atoms with Gasteiger partial charge in [0.1, 0.15) is 0 Å². The van der Waals surface area contributed by atoms with Gasteiger partial charge in [0, 0.05) is 33.6 Å². The van der Waals surface area contributed by atoms with Crippen molar-refractivity contribution in [1.29, 1.82) is 0 Å². The number of benzene rings is 1. The Labute approximate surface area is 125 Å². The van der Waals surface area contributed by atoms with Crippen LogP contribution in [0.1, 0.15) is 19.4 Å². The van der Waals surface area contributed by atoms with Gasteiger partial charge in [-0.3, -0.25) is 9.00 Å². The van der Waals surface area contributed by atoms with Crippen molar-refractivity contribution in [3.05, 3.63) is 34.3 Å². The standard InChI is InChI=1S/C14H18BrNO2S/c1-10-11(2)19(18)8-7-16(10)14(17)9-12-3-5-13(15)6-4-12/h3-6,10-11H,7-9H2,1-2H3. The summed E-state index contributed by atoms with van der Waals surface area (Å²) >= 11 is 3.38. The summed E-state index contributed by atoms with van der Waals surface area (Å²) in [5.74, 6) is 0.718. The molecule has 0 aliphatic carbocycles. The molecule has 1 aromatic rings. The Hall–Kier alpha value is -0.680. The Kier molecular flexibility index (Phi) is 4.79. The van der Waals surface area contributed by atoms with Crippen LogP contribution in [-0.2, 0) is 22.0 Å². The Bertz CT molecular complexity index is 489. The minimum absolute atomic E-state index is 0.0533. The monoisotopic (exact) mass is 343 g/mol. The second-order valence-electron chi connectivity index (χ2n) is 4.92. The highest BCUT2D eigenvalue weighted by Gasteiger charge is 2.32. The lowest BCUT2D eigenvalue weighted by Gasteiger charge is -2.37. The number of hydrogen-bond acceptors (Lipinski definition) is 2. The summed E-state index contributed by atoms with van der Waals surface area (Å²) in [6.45, 7) is 4.55. The van der Waals surface area contributed by atoms with E-state index in [-0.39, 0.29) is 17.2 Å². The van der Waals surface area contributed by atoms with Crippen molar-refractivity contribution in [2.45, 2.75) is 31.6 Å². The third-order valence-corrected chi connectivity index (χ3v) is 6.04. The molecule has 19 heavy (non-hydrogen) atoms. The number of hydrogen-bond donors (Lipinski definition) is 0. The number of carbonyl (C=O) groups excluding carboxylic acids is 1. The molecular weight excluding hydrogens is 326 g/mol. The molecule has 0 saturated carbocycles. The first-order chi connectivity index (χ1) is 8.99. The highest BCUT2D eigenvalue weighted by Crippen LogP contribution is 2.18. The molecule has 1 aliphatic heterocycles. The van der Waals surface area contributed by atoms with Crippen LogP contribution in [-0.4, -0.2) is 38.6 Å². The molecule has 1 amide bonds. The van der Waals surface area contributed by atoms with E-state index in [1.54, 1.807) is 0 Å². The summed E-state index contributed by atoms with van der Waals surface area (Å²) in [7, 11) is -0.802. The number of rotatable bonds is 2. The first-order valence-corrected chi connectivity index (χ1v) is 8.57. The van der Waals surface area contributed by atoms with Crippen molar-refractivity contribution in [2.75, 3.05) is 12.3 Å². The van der Waals surface area contributed by atoms with E-state index >= 15 is 0 Å². The summed E-state index contributed by atoms with van der Waals surface area (Å²) in [6, 6.07) is 7.86. The number of nitrogens with zero attached hydrogens (tertiary/aromatic N) is 1. The molecule has 1 aliphatic rings. The van der Waals surface area contributed by atoms with Gasteiger partial charge in [-0.2, -0.15) is 0 Å². The van der Waals surface area contributed by atoms with Crippen molar-refractivity contribution >= 4 is 32.6 Å². The molecule has 2 rings (SSSR count). The SMILES string of the molecule is CC1C(C)S(=O)CCN1C(=O)Cc1ccc(Br)cc1. The quantitative estimate of drug-likeness (QED) is 0.826. The van der Waals surface area contributed by atoms with Crippen LogP contribution in [0.15, 0.2) is 28.7 Å². The van der Waals surface area contributed by atoms with Crippen LogP contribution >= 0.6 is 15.9 Å². The van der Waals surface area contributed by atoms with Gasteiger partial charge in [0.25, 0.3) is 0 Å². The molecule has 3 unspecified atom stereocenters. The average Bonchev–Trinajstić information content (AvgIpc) is 2.39. The number of halogens is 1. The van der Waals surface area contributed by atoms with E-state index in [1.165, 1.54) is 0 Å². The summed E-state index contributed by atoms with van der Waals surface area (Å²) in [6.07, 6.45) is 0.414. The van der Waals surface area contributed by atoms with Gasteiger partial charge in [-0.15, -0.1) is 0 Å². The lowest BCUT2D eigenvalue weighted by molar-refractivity contribution is -0.132. The van der Waals surface area contributed by atoms with Gasteiger partial charge in [-0.25, -0.2) is 0 Å². The minimum Gasteiger partial charge on any atom is -0.338 e. The minimum atomic E-state index is -0.802. The molecule has 104 valence electrons. The third kappa shape index (κ3) is 3.45. The Morgan fingerprint density at radius 3 is 2.63 bits per heavy atom. The normalized spacial score (nSPS) is 27.3. The lowest BCUT2D eigenvalue weighted by atomic mass is 10.1. The smallest absolute Gasteiger partial charge is 0.227 e. The predicted molar refractivity (Wildman–Crippen MR) is 81.5 cm³/mol. The summed E-state index contributed by atoms with van der Waals surface area (Å²) < 4.78 is 12.7. The van der Waals surface area contributed by atoms with E-state index in [9.17, 15) is 9.00 Å². The van der Waals surface area contributed by atoms with E-state index in [0.717, 1.165) is 10.0 Å². The van der Waals surface area contributed by atoms with Gasteiger partial charge in [0.15, 0.2) is 0 Å². The zero-order valence-corrected chi connectivity index (χ0v) is 13.5. The van der Waals surface area contributed by atoms with Crippen LogP contribution in [0.3, 0.4) is 0 Å². The van der Waals surface area contributed by atoms with Gasteiger partial charge in [-0.1, -0.05) is 28.1 Å². The van der Waals surface area contributed by atoms with Crippen LogP contribution in [0.2, 0.25) is 0 Å². The van der Waals surface area contributed by atoms with E-state index in [0.29, 0.717) is 18.7 Å². The maximum absolute atomic E-state index is 12.3. The van der Waals surface area contributed by atoms with Gasteiger partial charge in [-0.05, 0) is 31.5 Å². The fraction of sp³-hybridized carbons (Fsp3) is 0.500. The van der Waals surface area contributed by atoms with Crippen LogP contribution < -0.4 is 0 Å². The van der Waals surface area contributed by atoms with Gasteiger partial charge >= 0.3 is 0 Å². The summed E-state index contributed by atoms with van der Waals surface area (Å²) in [4.78, 5) is 14.2.